The van der Waals surface area contributed by atoms with E-state index in [-0.39, 0.29) is 0 Å². The van der Waals surface area contributed by atoms with Crippen LogP contribution in [0.1, 0.15) is 0 Å². The lowest BCUT2D eigenvalue weighted by Crippen LogP contribution is -1.96. The molecule has 2 N–H and O–H groups in total. The molecule has 3 aromatic heterocycles. The highest BCUT2D eigenvalue weighted by Gasteiger charge is 2.16. The molecule has 0 saturated carbocycles. The maximum atomic E-state index is 5.45. The minimum absolute atomic E-state index is 0.519. The normalized spacial score (nSPS) is 10.7. The Morgan fingerprint density at radius 2 is 1.57 bits per heavy atom. The number of methoxy groups -OCH3 is 3. The number of nitrogens with one attached hydrogen (secondary N) is 2. The van der Waals surface area contributed by atoms with Crippen molar-refractivity contribution in [1.82, 2.24) is 19.9 Å². The zero-order valence-corrected chi connectivity index (χ0v) is 15.7. The van der Waals surface area contributed by atoms with Crippen molar-refractivity contribution in [1.29, 1.82) is 0 Å². The summed E-state index contributed by atoms with van der Waals surface area (Å²) in [5.74, 6) is 2.23. The Bertz CT molecular complexity index is 1090. The fraction of sp³-hybridized carbons (Fsp3) is 0.150. The number of aromatic nitrogens is 4. The highest BCUT2D eigenvalue weighted by atomic mass is 16.5. The zero-order valence-electron chi connectivity index (χ0n) is 15.7. The van der Waals surface area contributed by atoms with Crippen LogP contribution in [0.5, 0.6) is 17.2 Å². The molecule has 28 heavy (non-hydrogen) atoms. The van der Waals surface area contributed by atoms with Crippen molar-refractivity contribution < 1.29 is 14.2 Å². The second-order valence-electron chi connectivity index (χ2n) is 5.92. The molecule has 0 aliphatic carbocycles. The highest BCUT2D eigenvalue weighted by molar-refractivity contribution is 5.94. The van der Waals surface area contributed by atoms with Gasteiger partial charge >= 0.3 is 0 Å². The number of H-pyrrole nitrogens is 1. The van der Waals surface area contributed by atoms with Crippen molar-refractivity contribution in [3.8, 4) is 28.5 Å². The summed E-state index contributed by atoms with van der Waals surface area (Å²) in [6, 6.07) is 9.44. The molecule has 4 aromatic rings. The Hall–Kier alpha value is -3.81. The Balaban J connectivity index is 1.79. The van der Waals surface area contributed by atoms with E-state index in [4.69, 9.17) is 14.2 Å². The summed E-state index contributed by atoms with van der Waals surface area (Å²) < 4.78 is 16.3. The van der Waals surface area contributed by atoms with E-state index in [9.17, 15) is 0 Å². The fourth-order valence-electron chi connectivity index (χ4n) is 3.01. The molecule has 0 bridgehead atoms. The molecule has 8 heteroatoms. The van der Waals surface area contributed by atoms with Crippen LogP contribution in [-0.4, -0.2) is 41.3 Å². The third-order valence-electron chi connectivity index (χ3n) is 4.32. The molecule has 0 aliphatic heterocycles. The molecule has 0 fully saturated rings. The predicted octanol–water partition coefficient (Wildman–Crippen LogP) is 3.79. The first-order valence-electron chi connectivity index (χ1n) is 8.55. The van der Waals surface area contributed by atoms with Crippen LogP contribution in [0.3, 0.4) is 0 Å². The monoisotopic (exact) mass is 377 g/mol. The van der Waals surface area contributed by atoms with E-state index in [1.54, 1.807) is 46.0 Å². The molecule has 0 amide bonds. The number of aromatic amines is 1. The van der Waals surface area contributed by atoms with Gasteiger partial charge in [-0.1, -0.05) is 0 Å². The summed E-state index contributed by atoms with van der Waals surface area (Å²) in [6.07, 6.45) is 5.10. The average Bonchev–Trinajstić information content (AvgIpc) is 3.19. The van der Waals surface area contributed by atoms with Gasteiger partial charge < -0.3 is 24.5 Å². The number of anilines is 2. The van der Waals surface area contributed by atoms with E-state index >= 15 is 0 Å². The second kappa shape index (κ2) is 7.43. The number of pyridine rings is 1. The number of fused-ring (bicyclic) bond motifs is 1. The molecule has 142 valence electrons. The first-order chi connectivity index (χ1) is 13.7. The van der Waals surface area contributed by atoms with Gasteiger partial charge in [0.25, 0.3) is 0 Å². The molecule has 1 aromatic carbocycles. The topological polar surface area (TPSA) is 94.2 Å². The molecule has 3 heterocycles. The Morgan fingerprint density at radius 3 is 2.21 bits per heavy atom. The van der Waals surface area contributed by atoms with Crippen molar-refractivity contribution in [3.63, 3.8) is 0 Å². The summed E-state index contributed by atoms with van der Waals surface area (Å²) in [4.78, 5) is 16.2. The summed E-state index contributed by atoms with van der Waals surface area (Å²) in [5.41, 5.74) is 3.34. The third kappa shape index (κ3) is 3.16. The summed E-state index contributed by atoms with van der Waals surface area (Å²) >= 11 is 0. The number of hydrogen-bond acceptors (Lipinski definition) is 7. The Morgan fingerprint density at radius 1 is 0.857 bits per heavy atom. The van der Waals surface area contributed by atoms with E-state index in [1.165, 1.54) is 0 Å². The van der Waals surface area contributed by atoms with Crippen LogP contribution < -0.4 is 19.5 Å². The number of nitrogens with zero attached hydrogens (tertiary/aromatic N) is 3. The van der Waals surface area contributed by atoms with Crippen molar-refractivity contribution >= 4 is 22.7 Å². The largest absolute Gasteiger partial charge is 0.493 e. The molecular weight excluding hydrogens is 358 g/mol. The van der Waals surface area contributed by atoms with Crippen LogP contribution in [0.2, 0.25) is 0 Å². The number of benzene rings is 1. The molecule has 0 spiro atoms. The first-order valence-corrected chi connectivity index (χ1v) is 8.55. The predicted molar refractivity (Wildman–Crippen MR) is 107 cm³/mol. The molecule has 0 unspecified atom stereocenters. The number of hydrogen-bond donors (Lipinski definition) is 2. The zero-order chi connectivity index (χ0) is 19.5. The third-order valence-corrected chi connectivity index (χ3v) is 4.32. The number of rotatable bonds is 6. The van der Waals surface area contributed by atoms with Gasteiger partial charge in [0, 0.05) is 35.2 Å². The van der Waals surface area contributed by atoms with Crippen molar-refractivity contribution in [2.45, 2.75) is 0 Å². The van der Waals surface area contributed by atoms with Gasteiger partial charge in [-0.2, -0.15) is 0 Å². The lowest BCUT2D eigenvalue weighted by atomic mass is 10.1. The SMILES string of the molecule is COc1cc(-c2cc3c(Nc4ncccn4)ccnc3[nH]2)cc(OC)c1OC. The van der Waals surface area contributed by atoms with Crippen LogP contribution in [0.15, 0.2) is 48.9 Å². The van der Waals surface area contributed by atoms with E-state index in [0.717, 1.165) is 28.0 Å². The van der Waals surface area contributed by atoms with Gasteiger partial charge in [-0.15, -0.1) is 0 Å². The molecule has 0 aliphatic rings. The number of ether oxygens (including phenoxy) is 3. The maximum Gasteiger partial charge on any atom is 0.227 e. The maximum absolute atomic E-state index is 5.45. The van der Waals surface area contributed by atoms with E-state index < -0.39 is 0 Å². The molecule has 4 rings (SSSR count). The molecular formula is C20H19N5O3. The van der Waals surface area contributed by atoms with Crippen LogP contribution in [0.4, 0.5) is 11.6 Å². The molecule has 0 saturated heterocycles. The minimum atomic E-state index is 0.519. The van der Waals surface area contributed by atoms with Gasteiger partial charge in [-0.05, 0) is 30.3 Å². The molecule has 8 nitrogen and oxygen atoms in total. The quantitative estimate of drug-likeness (QED) is 0.528. The second-order valence-corrected chi connectivity index (χ2v) is 5.92. The Labute approximate surface area is 161 Å². The van der Waals surface area contributed by atoms with Crippen LogP contribution >= 0.6 is 0 Å². The van der Waals surface area contributed by atoms with Gasteiger partial charge in [0.15, 0.2) is 11.5 Å². The van der Waals surface area contributed by atoms with Crippen molar-refractivity contribution in [2.24, 2.45) is 0 Å². The fourth-order valence-corrected chi connectivity index (χ4v) is 3.01. The van der Waals surface area contributed by atoms with E-state index in [0.29, 0.717) is 23.2 Å². The Kier molecular flexibility index (Phi) is 4.67. The van der Waals surface area contributed by atoms with E-state index in [1.807, 2.05) is 24.3 Å². The van der Waals surface area contributed by atoms with Gasteiger partial charge in [0.2, 0.25) is 11.7 Å². The summed E-state index contributed by atoms with van der Waals surface area (Å²) in [7, 11) is 4.77. The smallest absolute Gasteiger partial charge is 0.227 e. The van der Waals surface area contributed by atoms with Gasteiger partial charge in [0.1, 0.15) is 5.65 Å². The lowest BCUT2D eigenvalue weighted by molar-refractivity contribution is 0.324. The van der Waals surface area contributed by atoms with Crippen LogP contribution in [-0.2, 0) is 0 Å². The summed E-state index contributed by atoms with van der Waals surface area (Å²) in [6.45, 7) is 0. The van der Waals surface area contributed by atoms with Gasteiger partial charge in [-0.3, -0.25) is 0 Å². The lowest BCUT2D eigenvalue weighted by Gasteiger charge is -2.13. The standard InChI is InChI=1S/C20H19N5O3/c1-26-16-9-12(10-17(27-2)18(16)28-3)15-11-13-14(5-8-21-19(13)24-15)25-20-22-6-4-7-23-20/h4-11H,1-3H3,(H2,21,22,23,24,25). The van der Waals surface area contributed by atoms with Crippen LogP contribution in [0, 0.1) is 0 Å². The molecule has 0 atom stereocenters. The van der Waals surface area contributed by atoms with E-state index in [2.05, 4.69) is 25.3 Å². The summed E-state index contributed by atoms with van der Waals surface area (Å²) in [5, 5.41) is 4.14. The highest BCUT2D eigenvalue weighted by Crippen LogP contribution is 2.41. The van der Waals surface area contributed by atoms with Crippen molar-refractivity contribution in [2.75, 3.05) is 26.6 Å². The average molecular weight is 377 g/mol. The molecule has 0 radical (unpaired) electrons. The minimum Gasteiger partial charge on any atom is -0.493 e. The van der Waals surface area contributed by atoms with Crippen molar-refractivity contribution in [3.05, 3.63) is 48.9 Å². The van der Waals surface area contributed by atoms with Crippen LogP contribution in [0.25, 0.3) is 22.3 Å². The first kappa shape index (κ1) is 17.6. The van der Waals surface area contributed by atoms with Gasteiger partial charge in [0.05, 0.1) is 27.0 Å². The van der Waals surface area contributed by atoms with Gasteiger partial charge in [-0.25, -0.2) is 15.0 Å².